The minimum Gasteiger partial charge on any atom is -0.481 e. The third-order valence-electron chi connectivity index (χ3n) is 4.94. The van der Waals surface area contributed by atoms with Gasteiger partial charge in [0.15, 0.2) is 0 Å². The van der Waals surface area contributed by atoms with E-state index in [9.17, 15) is 19.5 Å². The number of rotatable bonds is 6. The van der Waals surface area contributed by atoms with Crippen molar-refractivity contribution in [1.29, 1.82) is 0 Å². The number of halogens is 1. The monoisotopic (exact) mass is 421 g/mol. The van der Waals surface area contributed by atoms with Gasteiger partial charge in [0, 0.05) is 4.47 Å². The molecule has 6 nitrogen and oxygen atoms in total. The van der Waals surface area contributed by atoms with Crippen molar-refractivity contribution in [2.75, 3.05) is 11.9 Å². The molecule has 26 heavy (non-hydrogen) atoms. The van der Waals surface area contributed by atoms with Crippen molar-refractivity contribution in [2.24, 2.45) is 23.7 Å². The first kappa shape index (κ1) is 18.6. The molecule has 1 fully saturated rings. The number of ether oxygens (including phenoxy) is 1. The molecule has 2 aliphatic rings. The molecule has 1 aromatic rings. The van der Waals surface area contributed by atoms with Crippen LogP contribution in [0.1, 0.15) is 30.1 Å². The van der Waals surface area contributed by atoms with E-state index < -0.39 is 23.8 Å². The maximum absolute atomic E-state index is 12.8. The number of benzene rings is 1. The van der Waals surface area contributed by atoms with Crippen LogP contribution in [0.2, 0.25) is 0 Å². The number of amides is 1. The summed E-state index contributed by atoms with van der Waals surface area (Å²) in [6.45, 7) is 2.18. The van der Waals surface area contributed by atoms with Crippen LogP contribution in [-0.4, -0.2) is 29.6 Å². The van der Waals surface area contributed by atoms with Crippen molar-refractivity contribution in [2.45, 2.75) is 19.8 Å². The first-order valence-corrected chi connectivity index (χ1v) is 9.40. The molecule has 1 saturated carbocycles. The van der Waals surface area contributed by atoms with Crippen molar-refractivity contribution in [3.8, 4) is 0 Å². The average Bonchev–Trinajstić information content (AvgIpc) is 3.22. The Morgan fingerprint density at radius 3 is 2.58 bits per heavy atom. The molecule has 138 valence electrons. The lowest BCUT2D eigenvalue weighted by molar-refractivity contribution is -0.146. The van der Waals surface area contributed by atoms with E-state index in [1.165, 1.54) is 0 Å². The minimum absolute atomic E-state index is 0.0768. The average molecular weight is 422 g/mol. The van der Waals surface area contributed by atoms with Crippen LogP contribution in [0, 0.1) is 23.7 Å². The summed E-state index contributed by atoms with van der Waals surface area (Å²) in [4.78, 5) is 36.7. The normalized spacial score (nSPS) is 25.9. The number of carboxylic acids is 1. The van der Waals surface area contributed by atoms with Crippen LogP contribution in [-0.2, 0) is 14.3 Å². The van der Waals surface area contributed by atoms with Gasteiger partial charge in [-0.15, -0.1) is 0 Å². The van der Waals surface area contributed by atoms with Crippen LogP contribution >= 0.6 is 15.9 Å². The molecule has 0 saturated heterocycles. The highest BCUT2D eigenvalue weighted by atomic mass is 79.9. The zero-order chi connectivity index (χ0) is 18.8. The number of hydrogen-bond acceptors (Lipinski definition) is 4. The summed E-state index contributed by atoms with van der Waals surface area (Å²) >= 11 is 3.31. The Hall–Kier alpha value is -2.15. The van der Waals surface area contributed by atoms with Crippen LogP contribution in [0.15, 0.2) is 34.8 Å². The number of nitrogens with one attached hydrogen (secondary N) is 1. The largest absolute Gasteiger partial charge is 0.481 e. The lowest BCUT2D eigenvalue weighted by Crippen LogP contribution is -2.36. The summed E-state index contributed by atoms with van der Waals surface area (Å²) in [6.07, 6.45) is 5.19. The summed E-state index contributed by atoms with van der Waals surface area (Å²) in [5.74, 6) is -3.40. The number of fused-ring (bicyclic) bond motifs is 2. The molecule has 2 aliphatic carbocycles. The van der Waals surface area contributed by atoms with Gasteiger partial charge < -0.3 is 15.2 Å². The number of aliphatic carboxylic acids is 1. The van der Waals surface area contributed by atoms with Crippen molar-refractivity contribution >= 4 is 39.5 Å². The van der Waals surface area contributed by atoms with Crippen LogP contribution in [0.5, 0.6) is 0 Å². The van der Waals surface area contributed by atoms with Gasteiger partial charge in [-0.25, -0.2) is 4.79 Å². The predicted octanol–water partition coefficient (Wildman–Crippen LogP) is 3.48. The van der Waals surface area contributed by atoms with Gasteiger partial charge in [-0.1, -0.05) is 35.0 Å². The Balaban J connectivity index is 1.82. The number of carboxylic acid groups (broad SMARTS) is 1. The number of allylic oxidation sites excluding steroid dienone is 2. The minimum atomic E-state index is -0.958. The molecule has 3 rings (SSSR count). The van der Waals surface area contributed by atoms with Gasteiger partial charge in [-0.05, 0) is 42.9 Å². The van der Waals surface area contributed by atoms with E-state index in [2.05, 4.69) is 21.2 Å². The van der Waals surface area contributed by atoms with Gasteiger partial charge in [-0.2, -0.15) is 0 Å². The molecule has 4 atom stereocenters. The Labute approximate surface area is 159 Å². The zero-order valence-electron chi connectivity index (χ0n) is 14.3. The van der Waals surface area contributed by atoms with E-state index in [-0.39, 0.29) is 29.9 Å². The van der Waals surface area contributed by atoms with Crippen LogP contribution in [0.25, 0.3) is 0 Å². The van der Waals surface area contributed by atoms with Crippen LogP contribution in [0.4, 0.5) is 5.69 Å². The number of esters is 1. The van der Waals surface area contributed by atoms with E-state index in [0.29, 0.717) is 23.0 Å². The summed E-state index contributed by atoms with van der Waals surface area (Å²) in [5.41, 5.74) is 0.571. The first-order valence-electron chi connectivity index (χ1n) is 8.61. The van der Waals surface area contributed by atoms with Gasteiger partial charge in [0.25, 0.3) is 0 Å². The summed E-state index contributed by atoms with van der Waals surface area (Å²) in [6, 6.07) is 4.91. The smallest absolute Gasteiger partial charge is 0.340 e. The molecule has 0 aliphatic heterocycles. The third-order valence-corrected chi connectivity index (χ3v) is 5.44. The highest BCUT2D eigenvalue weighted by Gasteiger charge is 2.51. The van der Waals surface area contributed by atoms with E-state index in [4.69, 9.17) is 4.74 Å². The van der Waals surface area contributed by atoms with Gasteiger partial charge >= 0.3 is 11.9 Å². The number of anilines is 1. The molecule has 4 unspecified atom stereocenters. The van der Waals surface area contributed by atoms with Crippen LogP contribution < -0.4 is 5.32 Å². The van der Waals surface area contributed by atoms with E-state index in [1.54, 1.807) is 18.2 Å². The number of carbonyl (C=O) groups is 3. The molecule has 1 amide bonds. The Morgan fingerprint density at radius 1 is 1.23 bits per heavy atom. The topological polar surface area (TPSA) is 92.7 Å². The number of carbonyl (C=O) groups excluding carboxylic acids is 2. The van der Waals surface area contributed by atoms with Gasteiger partial charge in [0.05, 0.1) is 29.7 Å². The van der Waals surface area contributed by atoms with Crippen molar-refractivity contribution in [3.05, 3.63) is 40.4 Å². The molecule has 0 radical (unpaired) electrons. The predicted molar refractivity (Wildman–Crippen MR) is 98.7 cm³/mol. The number of hydrogen-bond donors (Lipinski definition) is 2. The van der Waals surface area contributed by atoms with E-state index >= 15 is 0 Å². The summed E-state index contributed by atoms with van der Waals surface area (Å²) in [5, 5.41) is 12.3. The van der Waals surface area contributed by atoms with Crippen LogP contribution in [0.3, 0.4) is 0 Å². The molecular weight excluding hydrogens is 402 g/mol. The van der Waals surface area contributed by atoms with Gasteiger partial charge in [-0.3, -0.25) is 9.59 Å². The second-order valence-electron chi connectivity index (χ2n) is 6.65. The highest BCUT2D eigenvalue weighted by molar-refractivity contribution is 9.10. The molecule has 1 aromatic carbocycles. The van der Waals surface area contributed by atoms with Crippen molar-refractivity contribution in [3.63, 3.8) is 0 Å². The molecule has 0 spiro atoms. The highest BCUT2D eigenvalue weighted by Crippen LogP contribution is 2.48. The molecule has 2 N–H and O–H groups in total. The second kappa shape index (κ2) is 7.61. The fourth-order valence-electron chi connectivity index (χ4n) is 3.80. The third kappa shape index (κ3) is 3.53. The fraction of sp³-hybridized carbons (Fsp3) is 0.421. The zero-order valence-corrected chi connectivity index (χ0v) is 15.9. The Kier molecular flexibility index (Phi) is 5.46. The van der Waals surface area contributed by atoms with Gasteiger partial charge in [0.2, 0.25) is 5.91 Å². The summed E-state index contributed by atoms with van der Waals surface area (Å²) in [7, 11) is 0. The van der Waals surface area contributed by atoms with Gasteiger partial charge in [0.1, 0.15) is 0 Å². The Morgan fingerprint density at radius 2 is 1.92 bits per heavy atom. The molecular formula is C19H20BrNO5. The maximum Gasteiger partial charge on any atom is 0.340 e. The quantitative estimate of drug-likeness (QED) is 0.541. The second-order valence-corrected chi connectivity index (χ2v) is 7.57. The SMILES string of the molecule is CCCOC(=O)c1cc(Br)ccc1NC(=O)C1C2C=CC(C2)C1C(=O)O. The molecule has 0 aromatic heterocycles. The molecule has 7 heteroatoms. The fourth-order valence-corrected chi connectivity index (χ4v) is 4.16. The lowest BCUT2D eigenvalue weighted by atomic mass is 9.82. The van der Waals surface area contributed by atoms with E-state index in [0.717, 1.165) is 0 Å². The Bertz CT molecular complexity index is 775. The summed E-state index contributed by atoms with van der Waals surface area (Å²) < 4.78 is 5.86. The van der Waals surface area contributed by atoms with Crippen molar-refractivity contribution in [1.82, 2.24) is 0 Å². The lowest BCUT2D eigenvalue weighted by Gasteiger charge is -2.24. The first-order chi connectivity index (χ1) is 12.4. The maximum atomic E-state index is 12.8. The standard InChI is InChI=1S/C19H20BrNO5/c1-2-7-26-19(25)13-9-12(20)5-6-14(13)21-17(22)15-10-3-4-11(8-10)16(15)18(23)24/h3-6,9-11,15-16H,2,7-8H2,1H3,(H,21,22)(H,23,24). The van der Waals surface area contributed by atoms with E-state index in [1.807, 2.05) is 19.1 Å². The van der Waals surface area contributed by atoms with Crippen molar-refractivity contribution < 1.29 is 24.2 Å². The molecule has 2 bridgehead atoms. The molecule has 0 heterocycles.